The number of hydrogen-bond donors (Lipinski definition) is 1. The molecular formula is C16H22N4. The molecule has 0 saturated heterocycles. The molecule has 106 valence electrons. The van der Waals surface area contributed by atoms with Crippen molar-refractivity contribution in [3.05, 3.63) is 36.9 Å². The molecule has 1 aromatic heterocycles. The van der Waals surface area contributed by atoms with Crippen molar-refractivity contribution in [1.29, 1.82) is 0 Å². The number of anilines is 1. The molecule has 1 aromatic carbocycles. The number of benzene rings is 1. The van der Waals surface area contributed by atoms with E-state index < -0.39 is 0 Å². The fourth-order valence-electron chi connectivity index (χ4n) is 3.15. The lowest BCUT2D eigenvalue weighted by Crippen LogP contribution is -2.31. The highest BCUT2D eigenvalue weighted by Gasteiger charge is 2.23. The molecule has 1 heterocycles. The van der Waals surface area contributed by atoms with Gasteiger partial charge in [-0.05, 0) is 43.0 Å². The minimum atomic E-state index is 0.631. The zero-order chi connectivity index (χ0) is 13.8. The minimum absolute atomic E-state index is 0.631. The lowest BCUT2D eigenvalue weighted by atomic mass is 9.83. The Morgan fingerprint density at radius 3 is 2.70 bits per heavy atom. The maximum absolute atomic E-state index is 4.14. The van der Waals surface area contributed by atoms with E-state index in [1.807, 2.05) is 0 Å². The Morgan fingerprint density at radius 2 is 2.00 bits per heavy atom. The maximum atomic E-state index is 4.14. The molecule has 0 bridgehead atoms. The third-order valence-electron chi connectivity index (χ3n) is 4.34. The van der Waals surface area contributed by atoms with E-state index in [9.17, 15) is 0 Å². The van der Waals surface area contributed by atoms with E-state index in [1.165, 1.54) is 37.8 Å². The third-order valence-corrected chi connectivity index (χ3v) is 4.34. The predicted octanol–water partition coefficient (Wildman–Crippen LogP) is 3.65. The average Bonchev–Trinajstić information content (AvgIpc) is 3.03. The molecule has 1 saturated carbocycles. The monoisotopic (exact) mass is 270 g/mol. The molecule has 0 aliphatic heterocycles. The lowest BCUT2D eigenvalue weighted by molar-refractivity contribution is 0.317. The first-order valence-electron chi connectivity index (χ1n) is 7.58. The van der Waals surface area contributed by atoms with E-state index >= 15 is 0 Å². The van der Waals surface area contributed by atoms with Crippen molar-refractivity contribution in [2.24, 2.45) is 5.92 Å². The van der Waals surface area contributed by atoms with Crippen LogP contribution in [0.5, 0.6) is 0 Å². The van der Waals surface area contributed by atoms with Crippen molar-refractivity contribution < 1.29 is 0 Å². The molecule has 2 atom stereocenters. The van der Waals surface area contributed by atoms with Crippen LogP contribution in [0, 0.1) is 5.92 Å². The SMILES string of the molecule is CCC1CCCCC1Nc1ccc(-n2cncn2)cc1. The van der Waals surface area contributed by atoms with Gasteiger partial charge in [0.2, 0.25) is 0 Å². The van der Waals surface area contributed by atoms with E-state index in [4.69, 9.17) is 0 Å². The van der Waals surface area contributed by atoms with Crippen LogP contribution in [0.3, 0.4) is 0 Å². The van der Waals surface area contributed by atoms with Gasteiger partial charge in [0.15, 0.2) is 0 Å². The van der Waals surface area contributed by atoms with Crippen molar-refractivity contribution in [2.75, 3.05) is 5.32 Å². The topological polar surface area (TPSA) is 42.7 Å². The summed E-state index contributed by atoms with van der Waals surface area (Å²) in [5, 5.41) is 7.85. The Bertz CT molecular complexity index is 518. The number of rotatable bonds is 4. The Labute approximate surface area is 120 Å². The van der Waals surface area contributed by atoms with Crippen molar-refractivity contribution in [1.82, 2.24) is 14.8 Å². The summed E-state index contributed by atoms with van der Waals surface area (Å²) in [5.74, 6) is 0.818. The Kier molecular flexibility index (Phi) is 4.00. The summed E-state index contributed by atoms with van der Waals surface area (Å²) in [6, 6.07) is 9.07. The molecule has 0 amide bonds. The normalized spacial score (nSPS) is 22.6. The first-order valence-corrected chi connectivity index (χ1v) is 7.58. The van der Waals surface area contributed by atoms with Crippen molar-refractivity contribution in [3.8, 4) is 5.69 Å². The van der Waals surface area contributed by atoms with Crippen LogP contribution in [-0.2, 0) is 0 Å². The zero-order valence-electron chi connectivity index (χ0n) is 12.0. The number of aromatic nitrogens is 3. The number of hydrogen-bond acceptors (Lipinski definition) is 3. The largest absolute Gasteiger partial charge is 0.382 e. The summed E-state index contributed by atoms with van der Waals surface area (Å²) in [6.07, 6.45) is 9.95. The minimum Gasteiger partial charge on any atom is -0.382 e. The van der Waals surface area contributed by atoms with Crippen LogP contribution < -0.4 is 5.32 Å². The highest BCUT2D eigenvalue weighted by molar-refractivity contribution is 5.49. The van der Waals surface area contributed by atoms with Crippen molar-refractivity contribution >= 4 is 5.69 Å². The second kappa shape index (κ2) is 6.07. The number of nitrogens with zero attached hydrogens (tertiary/aromatic N) is 3. The fraction of sp³-hybridized carbons (Fsp3) is 0.500. The van der Waals surface area contributed by atoms with Gasteiger partial charge in [0.25, 0.3) is 0 Å². The van der Waals surface area contributed by atoms with Gasteiger partial charge in [-0.3, -0.25) is 0 Å². The molecule has 1 aliphatic rings. The summed E-state index contributed by atoms with van der Waals surface area (Å²) in [6.45, 7) is 2.30. The van der Waals surface area contributed by atoms with Crippen LogP contribution in [0.1, 0.15) is 39.0 Å². The van der Waals surface area contributed by atoms with Gasteiger partial charge in [-0.25, -0.2) is 9.67 Å². The first kappa shape index (κ1) is 13.2. The van der Waals surface area contributed by atoms with Gasteiger partial charge in [0, 0.05) is 11.7 Å². The van der Waals surface area contributed by atoms with Crippen LogP contribution in [0.2, 0.25) is 0 Å². The van der Waals surface area contributed by atoms with Gasteiger partial charge in [-0.15, -0.1) is 0 Å². The third kappa shape index (κ3) is 2.84. The molecule has 1 fully saturated rings. The average molecular weight is 270 g/mol. The summed E-state index contributed by atoms with van der Waals surface area (Å²) in [5.41, 5.74) is 2.25. The van der Waals surface area contributed by atoms with Crippen LogP contribution in [0.4, 0.5) is 5.69 Å². The maximum Gasteiger partial charge on any atom is 0.138 e. The molecule has 1 aliphatic carbocycles. The number of nitrogens with one attached hydrogen (secondary N) is 1. The van der Waals surface area contributed by atoms with E-state index in [0.29, 0.717) is 6.04 Å². The van der Waals surface area contributed by atoms with Crippen molar-refractivity contribution in [2.45, 2.75) is 45.1 Å². The molecular weight excluding hydrogens is 248 g/mol. The van der Waals surface area contributed by atoms with E-state index in [2.05, 4.69) is 46.6 Å². The molecule has 4 heteroatoms. The first-order chi connectivity index (χ1) is 9.86. The van der Waals surface area contributed by atoms with Gasteiger partial charge in [-0.1, -0.05) is 26.2 Å². The van der Waals surface area contributed by atoms with E-state index in [-0.39, 0.29) is 0 Å². The standard InChI is InChI=1S/C16H22N4/c1-2-13-5-3-4-6-16(13)19-14-7-9-15(10-8-14)20-12-17-11-18-20/h7-13,16,19H,2-6H2,1H3. The lowest BCUT2D eigenvalue weighted by Gasteiger charge is -2.32. The summed E-state index contributed by atoms with van der Waals surface area (Å²) < 4.78 is 1.78. The smallest absolute Gasteiger partial charge is 0.138 e. The van der Waals surface area contributed by atoms with Gasteiger partial charge in [-0.2, -0.15) is 5.10 Å². The van der Waals surface area contributed by atoms with Crippen LogP contribution in [0.25, 0.3) is 5.69 Å². The highest BCUT2D eigenvalue weighted by atomic mass is 15.3. The Morgan fingerprint density at radius 1 is 1.20 bits per heavy atom. The predicted molar refractivity (Wildman–Crippen MR) is 81.0 cm³/mol. The molecule has 20 heavy (non-hydrogen) atoms. The second-order valence-electron chi connectivity index (χ2n) is 5.59. The highest BCUT2D eigenvalue weighted by Crippen LogP contribution is 2.29. The molecule has 0 radical (unpaired) electrons. The van der Waals surface area contributed by atoms with Crippen LogP contribution in [-0.4, -0.2) is 20.8 Å². The molecule has 3 rings (SSSR count). The van der Waals surface area contributed by atoms with Gasteiger partial charge >= 0.3 is 0 Å². The van der Waals surface area contributed by atoms with E-state index in [1.54, 1.807) is 17.3 Å². The summed E-state index contributed by atoms with van der Waals surface area (Å²) in [7, 11) is 0. The fourth-order valence-corrected chi connectivity index (χ4v) is 3.15. The van der Waals surface area contributed by atoms with Gasteiger partial charge in [0.05, 0.1) is 5.69 Å². The summed E-state index contributed by atoms with van der Waals surface area (Å²) >= 11 is 0. The Hall–Kier alpha value is -1.84. The van der Waals surface area contributed by atoms with Gasteiger partial charge in [0.1, 0.15) is 12.7 Å². The summed E-state index contributed by atoms with van der Waals surface area (Å²) in [4.78, 5) is 3.97. The zero-order valence-corrected chi connectivity index (χ0v) is 12.0. The van der Waals surface area contributed by atoms with Crippen LogP contribution >= 0.6 is 0 Å². The Balaban J connectivity index is 1.68. The molecule has 1 N–H and O–H groups in total. The molecule has 4 nitrogen and oxygen atoms in total. The van der Waals surface area contributed by atoms with E-state index in [0.717, 1.165) is 11.6 Å². The second-order valence-corrected chi connectivity index (χ2v) is 5.59. The molecule has 2 unspecified atom stereocenters. The van der Waals surface area contributed by atoms with Crippen molar-refractivity contribution in [3.63, 3.8) is 0 Å². The van der Waals surface area contributed by atoms with Gasteiger partial charge < -0.3 is 5.32 Å². The van der Waals surface area contributed by atoms with Crippen LogP contribution in [0.15, 0.2) is 36.9 Å². The molecule has 2 aromatic rings. The quantitative estimate of drug-likeness (QED) is 0.922. The molecule has 0 spiro atoms.